The van der Waals surface area contributed by atoms with Gasteiger partial charge < -0.3 is 10.6 Å². The zero-order chi connectivity index (χ0) is 20.9. The Bertz CT molecular complexity index is 740. The molecular weight excluding hydrogens is 507 g/mol. The number of hydrogen-bond donors (Lipinski definition) is 2. The number of benzene rings is 1. The second-order valence-electron chi connectivity index (χ2n) is 8.98. The van der Waals surface area contributed by atoms with E-state index in [0.717, 1.165) is 63.5 Å². The molecule has 1 saturated carbocycles. The van der Waals surface area contributed by atoms with E-state index in [1.807, 2.05) is 14.0 Å². The van der Waals surface area contributed by atoms with Crippen molar-refractivity contribution in [3.8, 4) is 0 Å². The van der Waals surface area contributed by atoms with Crippen molar-refractivity contribution in [3.05, 3.63) is 35.4 Å². The minimum Gasteiger partial charge on any atom is -0.355 e. The normalized spacial score (nSPS) is 23.8. The summed E-state index contributed by atoms with van der Waals surface area (Å²) in [4.78, 5) is 7.02. The molecule has 2 N–H and O–H groups in total. The molecule has 1 aliphatic carbocycles. The average molecular weight is 547 g/mol. The Kier molecular flexibility index (Phi) is 10.1. The summed E-state index contributed by atoms with van der Waals surface area (Å²) in [5.74, 6) is 1.63. The molecule has 0 aromatic heterocycles. The topological polar surface area (TPSA) is 56.7 Å². The van der Waals surface area contributed by atoms with Gasteiger partial charge in [0.25, 0.3) is 0 Å². The van der Waals surface area contributed by atoms with Crippen molar-refractivity contribution in [2.75, 3.05) is 25.9 Å². The van der Waals surface area contributed by atoms with Gasteiger partial charge in [0.05, 0.1) is 0 Å². The molecule has 170 valence electrons. The molecule has 1 aromatic rings. The van der Waals surface area contributed by atoms with Crippen LogP contribution in [0.5, 0.6) is 0 Å². The standard InChI is InChI=1S/C23H38N4OS.HI/c1-5-29(28)21-12-8-11-20(15-21)26-22(24-4)25-17-23(2,3)27-14-13-18-9-6-7-10-19(18)16-27;/h6-7,9-10,20-21H,5,8,11-17H2,1-4H3,(H2,24,25,26);1H. The summed E-state index contributed by atoms with van der Waals surface area (Å²) in [5.41, 5.74) is 2.97. The SMILES string of the molecule is CCS(=O)C1CCCC(NC(=NC)NCC(C)(C)N2CCc3ccccc3C2)C1.I. The summed E-state index contributed by atoms with van der Waals surface area (Å²) in [6.07, 6.45) is 5.46. The van der Waals surface area contributed by atoms with Gasteiger partial charge in [0.15, 0.2) is 5.96 Å². The predicted octanol–water partition coefficient (Wildman–Crippen LogP) is 3.69. The second-order valence-corrected chi connectivity index (χ2v) is 11.0. The van der Waals surface area contributed by atoms with E-state index >= 15 is 0 Å². The summed E-state index contributed by atoms with van der Waals surface area (Å²) >= 11 is 0. The first kappa shape index (κ1) is 25.6. The highest BCUT2D eigenvalue weighted by Crippen LogP contribution is 2.25. The number of nitrogens with one attached hydrogen (secondary N) is 2. The molecule has 3 atom stereocenters. The Morgan fingerprint density at radius 3 is 2.70 bits per heavy atom. The molecule has 0 radical (unpaired) electrons. The van der Waals surface area contributed by atoms with E-state index in [0.29, 0.717) is 11.3 Å². The number of fused-ring (bicyclic) bond motifs is 1. The summed E-state index contributed by atoms with van der Waals surface area (Å²) in [6.45, 7) is 9.57. The monoisotopic (exact) mass is 546 g/mol. The zero-order valence-electron chi connectivity index (χ0n) is 18.9. The van der Waals surface area contributed by atoms with E-state index in [9.17, 15) is 4.21 Å². The number of hydrogen-bond acceptors (Lipinski definition) is 3. The molecule has 0 bridgehead atoms. The van der Waals surface area contributed by atoms with E-state index in [-0.39, 0.29) is 29.5 Å². The third kappa shape index (κ3) is 6.66. The van der Waals surface area contributed by atoms with Crippen molar-refractivity contribution in [2.45, 2.75) is 76.3 Å². The van der Waals surface area contributed by atoms with Gasteiger partial charge >= 0.3 is 0 Å². The smallest absolute Gasteiger partial charge is 0.191 e. The lowest BCUT2D eigenvalue weighted by Gasteiger charge is -2.42. The van der Waals surface area contributed by atoms with E-state index in [1.165, 1.54) is 11.1 Å². The van der Waals surface area contributed by atoms with Crippen molar-refractivity contribution < 1.29 is 4.21 Å². The molecule has 30 heavy (non-hydrogen) atoms. The third-order valence-electron chi connectivity index (χ3n) is 6.52. The molecule has 1 aromatic carbocycles. The van der Waals surface area contributed by atoms with Crippen LogP contribution in [-0.2, 0) is 23.8 Å². The zero-order valence-corrected chi connectivity index (χ0v) is 22.1. The van der Waals surface area contributed by atoms with Crippen LogP contribution in [0.1, 0.15) is 57.6 Å². The first-order chi connectivity index (χ1) is 13.9. The maximum atomic E-state index is 12.2. The molecule has 0 saturated heterocycles. The van der Waals surface area contributed by atoms with Crippen LogP contribution < -0.4 is 10.6 Å². The lowest BCUT2D eigenvalue weighted by Crippen LogP contribution is -2.55. The molecule has 7 heteroatoms. The molecule has 1 aliphatic heterocycles. The number of nitrogens with zero attached hydrogens (tertiary/aromatic N) is 2. The van der Waals surface area contributed by atoms with Crippen LogP contribution in [0.15, 0.2) is 29.3 Å². The summed E-state index contributed by atoms with van der Waals surface area (Å²) < 4.78 is 12.2. The molecule has 5 nitrogen and oxygen atoms in total. The van der Waals surface area contributed by atoms with Crippen molar-refractivity contribution in [3.63, 3.8) is 0 Å². The highest BCUT2D eigenvalue weighted by atomic mass is 127. The fourth-order valence-corrected chi connectivity index (χ4v) is 5.91. The average Bonchev–Trinajstić information content (AvgIpc) is 2.75. The highest BCUT2D eigenvalue weighted by molar-refractivity contribution is 14.0. The van der Waals surface area contributed by atoms with Gasteiger partial charge in [-0.25, -0.2) is 0 Å². The van der Waals surface area contributed by atoms with Crippen LogP contribution in [0.4, 0.5) is 0 Å². The van der Waals surface area contributed by atoms with Crippen LogP contribution in [0.3, 0.4) is 0 Å². The van der Waals surface area contributed by atoms with Gasteiger partial charge in [-0.05, 0) is 50.7 Å². The molecule has 3 rings (SSSR count). The maximum absolute atomic E-state index is 12.2. The Labute approximate surface area is 202 Å². The van der Waals surface area contributed by atoms with Crippen molar-refractivity contribution in [1.29, 1.82) is 0 Å². The Morgan fingerprint density at radius 2 is 2.00 bits per heavy atom. The minimum absolute atomic E-state index is 0. The second kappa shape index (κ2) is 11.8. The van der Waals surface area contributed by atoms with Crippen molar-refractivity contribution >= 4 is 40.7 Å². The largest absolute Gasteiger partial charge is 0.355 e. The molecule has 2 aliphatic rings. The number of guanidine groups is 1. The molecular formula is C23H39IN4OS. The van der Waals surface area contributed by atoms with Crippen LogP contribution in [0.2, 0.25) is 0 Å². The van der Waals surface area contributed by atoms with Crippen LogP contribution in [-0.4, -0.2) is 57.8 Å². The quantitative estimate of drug-likeness (QED) is 0.325. The first-order valence-electron chi connectivity index (χ1n) is 11.1. The van der Waals surface area contributed by atoms with Gasteiger partial charge in [0.2, 0.25) is 0 Å². The molecule has 1 fully saturated rings. The van der Waals surface area contributed by atoms with Gasteiger partial charge in [-0.15, -0.1) is 24.0 Å². The third-order valence-corrected chi connectivity index (χ3v) is 8.26. The molecule has 3 unspecified atom stereocenters. The molecule has 0 spiro atoms. The Balaban J connectivity index is 0.00000320. The molecule has 1 heterocycles. The van der Waals surface area contributed by atoms with Gasteiger partial charge in [-0.3, -0.25) is 14.1 Å². The predicted molar refractivity (Wildman–Crippen MR) is 139 cm³/mol. The van der Waals surface area contributed by atoms with Gasteiger partial charge in [-0.1, -0.05) is 37.6 Å². The van der Waals surface area contributed by atoms with Gasteiger partial charge in [-0.2, -0.15) is 0 Å². The van der Waals surface area contributed by atoms with Gasteiger partial charge in [0.1, 0.15) is 0 Å². The van der Waals surface area contributed by atoms with Crippen LogP contribution in [0.25, 0.3) is 0 Å². The van der Waals surface area contributed by atoms with Crippen molar-refractivity contribution in [2.24, 2.45) is 4.99 Å². The Hall–Kier alpha value is -0.670. The van der Waals surface area contributed by atoms with Crippen LogP contribution >= 0.6 is 24.0 Å². The lowest BCUT2D eigenvalue weighted by atomic mass is 9.94. The van der Waals surface area contributed by atoms with Crippen molar-refractivity contribution in [1.82, 2.24) is 15.5 Å². The minimum atomic E-state index is -0.697. The number of aliphatic imine (C=N–C) groups is 1. The Morgan fingerprint density at radius 1 is 1.27 bits per heavy atom. The summed E-state index contributed by atoms with van der Waals surface area (Å²) in [6, 6.07) is 9.16. The lowest BCUT2D eigenvalue weighted by molar-refractivity contribution is 0.107. The molecule has 0 amide bonds. The fraction of sp³-hybridized carbons (Fsp3) is 0.696. The number of rotatable bonds is 6. The first-order valence-corrected chi connectivity index (χ1v) is 12.5. The number of halogens is 1. The van der Waals surface area contributed by atoms with Gasteiger partial charge in [0, 0.05) is 60.1 Å². The summed E-state index contributed by atoms with van der Waals surface area (Å²) in [5, 5.41) is 7.48. The summed E-state index contributed by atoms with van der Waals surface area (Å²) in [7, 11) is 1.14. The van der Waals surface area contributed by atoms with E-state index in [4.69, 9.17) is 0 Å². The maximum Gasteiger partial charge on any atom is 0.191 e. The van der Waals surface area contributed by atoms with E-state index in [2.05, 4.69) is 58.6 Å². The van der Waals surface area contributed by atoms with E-state index < -0.39 is 10.8 Å². The van der Waals surface area contributed by atoms with Crippen LogP contribution in [0, 0.1) is 0 Å². The fourth-order valence-electron chi connectivity index (χ4n) is 4.56. The van der Waals surface area contributed by atoms with E-state index in [1.54, 1.807) is 0 Å². The highest BCUT2D eigenvalue weighted by Gasteiger charge is 2.30.